The van der Waals surface area contributed by atoms with Gasteiger partial charge in [-0.3, -0.25) is 4.79 Å². The van der Waals surface area contributed by atoms with E-state index in [1.807, 2.05) is 24.3 Å². The fourth-order valence-electron chi connectivity index (χ4n) is 3.02. The molecular weight excluding hydrogens is 310 g/mol. The molecular formula is C21H30N3O+. The summed E-state index contributed by atoms with van der Waals surface area (Å²) in [4.78, 5) is 15.7. The Kier molecular flexibility index (Phi) is 7.02. The summed E-state index contributed by atoms with van der Waals surface area (Å²) >= 11 is 0. The highest BCUT2D eigenvalue weighted by molar-refractivity contribution is 5.91. The molecule has 0 fully saturated rings. The van der Waals surface area contributed by atoms with Crippen molar-refractivity contribution in [3.05, 3.63) is 59.7 Å². The SMILES string of the molecule is CCN(CC)c1ccc(NC(=O)C[NH+](C)Cc2ccccc2C)cc1. The smallest absolute Gasteiger partial charge is 0.279 e. The average molecular weight is 340 g/mol. The predicted molar refractivity (Wildman–Crippen MR) is 105 cm³/mol. The van der Waals surface area contributed by atoms with Gasteiger partial charge in [0.2, 0.25) is 0 Å². The molecule has 134 valence electrons. The number of likely N-dealkylation sites (N-methyl/N-ethyl adjacent to an activating group) is 1. The van der Waals surface area contributed by atoms with Gasteiger partial charge in [-0.15, -0.1) is 0 Å². The molecule has 0 saturated carbocycles. The van der Waals surface area contributed by atoms with Crippen LogP contribution in [-0.2, 0) is 11.3 Å². The van der Waals surface area contributed by atoms with Gasteiger partial charge < -0.3 is 15.1 Å². The molecule has 1 atom stereocenters. The van der Waals surface area contributed by atoms with Crippen LogP contribution in [0.25, 0.3) is 0 Å². The summed E-state index contributed by atoms with van der Waals surface area (Å²) in [5, 5.41) is 3.00. The van der Waals surface area contributed by atoms with E-state index in [9.17, 15) is 4.79 Å². The van der Waals surface area contributed by atoms with E-state index >= 15 is 0 Å². The van der Waals surface area contributed by atoms with Crippen LogP contribution in [-0.4, -0.2) is 32.6 Å². The van der Waals surface area contributed by atoms with Crippen molar-refractivity contribution in [2.75, 3.05) is 36.9 Å². The van der Waals surface area contributed by atoms with E-state index in [2.05, 4.69) is 62.3 Å². The molecule has 0 aliphatic heterocycles. The standard InChI is InChI=1S/C21H29N3O/c1-5-24(6-2)20-13-11-19(12-14-20)22-21(25)16-23(4)15-18-10-8-7-9-17(18)3/h7-14H,5-6,15-16H2,1-4H3,(H,22,25)/p+1. The number of aryl methyl sites for hydroxylation is 1. The van der Waals surface area contributed by atoms with Crippen molar-refractivity contribution in [3.8, 4) is 0 Å². The minimum Gasteiger partial charge on any atom is -0.372 e. The molecule has 0 heterocycles. The number of carbonyl (C=O) groups is 1. The summed E-state index contributed by atoms with van der Waals surface area (Å²) in [5.41, 5.74) is 4.60. The second kappa shape index (κ2) is 9.23. The third-order valence-electron chi connectivity index (χ3n) is 4.50. The second-order valence-corrected chi connectivity index (χ2v) is 6.50. The second-order valence-electron chi connectivity index (χ2n) is 6.50. The molecule has 2 rings (SSSR count). The molecule has 0 radical (unpaired) electrons. The Morgan fingerprint density at radius 3 is 2.28 bits per heavy atom. The normalized spacial score (nSPS) is 11.8. The maximum Gasteiger partial charge on any atom is 0.279 e. The van der Waals surface area contributed by atoms with E-state index in [1.165, 1.54) is 21.7 Å². The lowest BCUT2D eigenvalue weighted by atomic mass is 10.1. The van der Waals surface area contributed by atoms with Crippen molar-refractivity contribution in [3.63, 3.8) is 0 Å². The highest BCUT2D eigenvalue weighted by Crippen LogP contribution is 2.17. The maximum atomic E-state index is 12.3. The molecule has 2 aromatic rings. The number of anilines is 2. The van der Waals surface area contributed by atoms with Gasteiger partial charge in [-0.25, -0.2) is 0 Å². The van der Waals surface area contributed by atoms with Crippen LogP contribution < -0.4 is 15.1 Å². The molecule has 4 heteroatoms. The van der Waals surface area contributed by atoms with Crippen molar-refractivity contribution in [2.24, 2.45) is 0 Å². The summed E-state index contributed by atoms with van der Waals surface area (Å²) in [6, 6.07) is 16.4. The first-order chi connectivity index (χ1) is 12.0. The molecule has 0 spiro atoms. The fourth-order valence-corrected chi connectivity index (χ4v) is 3.02. The van der Waals surface area contributed by atoms with Gasteiger partial charge in [-0.1, -0.05) is 24.3 Å². The minimum atomic E-state index is 0.0432. The number of carbonyl (C=O) groups excluding carboxylic acids is 1. The molecule has 1 amide bonds. The van der Waals surface area contributed by atoms with E-state index < -0.39 is 0 Å². The van der Waals surface area contributed by atoms with Crippen LogP contribution in [0.4, 0.5) is 11.4 Å². The molecule has 2 aromatic carbocycles. The van der Waals surface area contributed by atoms with Crippen LogP contribution in [0.2, 0.25) is 0 Å². The Morgan fingerprint density at radius 2 is 1.68 bits per heavy atom. The number of hydrogen-bond donors (Lipinski definition) is 2. The quantitative estimate of drug-likeness (QED) is 0.775. The Balaban J connectivity index is 1.88. The van der Waals surface area contributed by atoms with Crippen LogP contribution >= 0.6 is 0 Å². The van der Waals surface area contributed by atoms with Crippen LogP contribution in [0.1, 0.15) is 25.0 Å². The van der Waals surface area contributed by atoms with E-state index in [0.717, 1.165) is 25.3 Å². The van der Waals surface area contributed by atoms with Crippen LogP contribution in [0, 0.1) is 6.92 Å². The molecule has 0 bridgehead atoms. The molecule has 25 heavy (non-hydrogen) atoms. The fraction of sp³-hybridized carbons (Fsp3) is 0.381. The maximum absolute atomic E-state index is 12.3. The van der Waals surface area contributed by atoms with Crippen LogP contribution in [0.15, 0.2) is 48.5 Å². The van der Waals surface area contributed by atoms with Gasteiger partial charge in [0.05, 0.1) is 7.05 Å². The highest BCUT2D eigenvalue weighted by atomic mass is 16.2. The zero-order valence-electron chi connectivity index (χ0n) is 15.8. The van der Waals surface area contributed by atoms with Gasteiger partial charge in [-0.2, -0.15) is 0 Å². The molecule has 1 unspecified atom stereocenters. The molecule has 2 N–H and O–H groups in total. The predicted octanol–water partition coefficient (Wildman–Crippen LogP) is 2.49. The Hall–Kier alpha value is -2.33. The molecule has 0 aliphatic carbocycles. The van der Waals surface area contributed by atoms with Crippen molar-refractivity contribution >= 4 is 17.3 Å². The first kappa shape index (κ1) is 19.0. The van der Waals surface area contributed by atoms with Gasteiger partial charge in [-0.05, 0) is 50.6 Å². The molecule has 0 saturated heterocycles. The third-order valence-corrected chi connectivity index (χ3v) is 4.50. The van der Waals surface area contributed by atoms with E-state index in [1.54, 1.807) is 0 Å². The van der Waals surface area contributed by atoms with Gasteiger partial charge in [0.1, 0.15) is 6.54 Å². The van der Waals surface area contributed by atoms with Crippen molar-refractivity contribution < 1.29 is 9.69 Å². The van der Waals surface area contributed by atoms with E-state index in [-0.39, 0.29) is 5.91 Å². The highest BCUT2D eigenvalue weighted by Gasteiger charge is 2.12. The number of benzene rings is 2. The number of hydrogen-bond acceptors (Lipinski definition) is 2. The van der Waals surface area contributed by atoms with Gasteiger partial charge in [0.15, 0.2) is 6.54 Å². The lowest BCUT2D eigenvalue weighted by Gasteiger charge is -2.21. The van der Waals surface area contributed by atoms with Crippen molar-refractivity contribution in [2.45, 2.75) is 27.3 Å². The van der Waals surface area contributed by atoms with Gasteiger partial charge in [0, 0.05) is 30.0 Å². The summed E-state index contributed by atoms with van der Waals surface area (Å²) in [5.74, 6) is 0.0432. The number of amides is 1. The Bertz CT molecular complexity index is 678. The van der Waals surface area contributed by atoms with Crippen molar-refractivity contribution in [1.82, 2.24) is 0 Å². The van der Waals surface area contributed by atoms with Gasteiger partial charge >= 0.3 is 0 Å². The van der Waals surface area contributed by atoms with Crippen molar-refractivity contribution in [1.29, 1.82) is 0 Å². The number of rotatable bonds is 8. The number of nitrogens with one attached hydrogen (secondary N) is 2. The largest absolute Gasteiger partial charge is 0.372 e. The Morgan fingerprint density at radius 1 is 1.04 bits per heavy atom. The lowest BCUT2D eigenvalue weighted by molar-refractivity contribution is -0.885. The topological polar surface area (TPSA) is 36.8 Å². The van der Waals surface area contributed by atoms with Crippen LogP contribution in [0.3, 0.4) is 0 Å². The monoisotopic (exact) mass is 340 g/mol. The minimum absolute atomic E-state index is 0.0432. The van der Waals surface area contributed by atoms with Gasteiger partial charge in [0.25, 0.3) is 5.91 Å². The zero-order valence-corrected chi connectivity index (χ0v) is 15.8. The third kappa shape index (κ3) is 5.61. The van der Waals surface area contributed by atoms with E-state index in [4.69, 9.17) is 0 Å². The summed E-state index contributed by atoms with van der Waals surface area (Å²) < 4.78 is 0. The molecule has 4 nitrogen and oxygen atoms in total. The lowest BCUT2D eigenvalue weighted by Crippen LogP contribution is -3.08. The molecule has 0 aromatic heterocycles. The van der Waals surface area contributed by atoms with Crippen LogP contribution in [0.5, 0.6) is 0 Å². The summed E-state index contributed by atoms with van der Waals surface area (Å²) in [6.07, 6.45) is 0. The number of quaternary nitrogens is 1. The zero-order chi connectivity index (χ0) is 18.2. The summed E-state index contributed by atoms with van der Waals surface area (Å²) in [7, 11) is 2.05. The average Bonchev–Trinajstić information content (AvgIpc) is 2.59. The Labute approximate surface area is 151 Å². The first-order valence-corrected chi connectivity index (χ1v) is 9.04. The molecule has 0 aliphatic rings. The van der Waals surface area contributed by atoms with E-state index in [0.29, 0.717) is 6.54 Å². The first-order valence-electron chi connectivity index (χ1n) is 9.04. The summed E-state index contributed by atoms with van der Waals surface area (Å²) in [6.45, 7) is 9.66. The number of nitrogens with zero attached hydrogens (tertiary/aromatic N) is 1.